The SMILES string of the molecule is COc1c(O)c(C=O)cc(CO)c1CO.COc1c(O)ccc(CO)c1CO. The van der Waals surface area contributed by atoms with Gasteiger partial charge in [0.2, 0.25) is 0 Å². The maximum atomic E-state index is 10.6. The molecule has 0 amide bonds. The number of phenols is 2. The number of aliphatic hydroxyl groups is 4. The van der Waals surface area contributed by atoms with E-state index in [1.54, 1.807) is 6.07 Å². The van der Waals surface area contributed by atoms with Crippen LogP contribution < -0.4 is 9.47 Å². The Morgan fingerprint density at radius 2 is 1.36 bits per heavy atom. The molecule has 0 saturated carbocycles. The quantitative estimate of drug-likeness (QED) is 0.368. The fourth-order valence-corrected chi connectivity index (χ4v) is 2.59. The summed E-state index contributed by atoms with van der Waals surface area (Å²) in [6.07, 6.45) is 0.457. The lowest BCUT2D eigenvalue weighted by atomic mass is 10.0. The largest absolute Gasteiger partial charge is 0.504 e. The van der Waals surface area contributed by atoms with Crippen molar-refractivity contribution >= 4 is 6.29 Å². The normalized spacial score (nSPS) is 10.1. The fourth-order valence-electron chi connectivity index (χ4n) is 2.59. The number of methoxy groups -OCH3 is 2. The molecule has 2 aromatic carbocycles. The van der Waals surface area contributed by atoms with Crippen LogP contribution in [-0.2, 0) is 26.4 Å². The molecule has 0 bridgehead atoms. The third-order valence-electron chi connectivity index (χ3n) is 4.01. The summed E-state index contributed by atoms with van der Waals surface area (Å²) in [5.41, 5.74) is 1.63. The first-order valence-electron chi connectivity index (χ1n) is 8.11. The third-order valence-corrected chi connectivity index (χ3v) is 4.01. The van der Waals surface area contributed by atoms with Crippen molar-refractivity contribution in [3.05, 3.63) is 46.0 Å². The predicted molar refractivity (Wildman–Crippen MR) is 98.4 cm³/mol. The lowest BCUT2D eigenvalue weighted by Gasteiger charge is -2.13. The molecule has 154 valence electrons. The van der Waals surface area contributed by atoms with Crippen molar-refractivity contribution in [3.8, 4) is 23.0 Å². The van der Waals surface area contributed by atoms with Gasteiger partial charge in [-0.05, 0) is 23.3 Å². The lowest BCUT2D eigenvalue weighted by Crippen LogP contribution is -2.01. The van der Waals surface area contributed by atoms with Gasteiger partial charge in [0.1, 0.15) is 0 Å². The Kier molecular flexibility index (Phi) is 9.19. The summed E-state index contributed by atoms with van der Waals surface area (Å²) in [6.45, 7) is -1.18. The summed E-state index contributed by atoms with van der Waals surface area (Å²) in [5, 5.41) is 54.9. The van der Waals surface area contributed by atoms with Gasteiger partial charge in [0.25, 0.3) is 0 Å². The lowest BCUT2D eigenvalue weighted by molar-refractivity contribution is 0.112. The minimum Gasteiger partial charge on any atom is -0.504 e. The molecule has 28 heavy (non-hydrogen) atoms. The second-order valence-electron chi connectivity index (χ2n) is 5.49. The standard InChI is InChI=1S/C10H12O5.C9H12O4/c1-15-10-8(5-13)6(3-11)2-7(4-12)9(10)14;1-13-9-7(5-11)6(4-10)2-3-8(9)12/h2,4,11,13-14H,3,5H2,1H3;2-3,10-12H,4-5H2,1H3. The minimum atomic E-state index is -0.383. The Morgan fingerprint density at radius 1 is 0.821 bits per heavy atom. The second kappa shape index (κ2) is 11.1. The van der Waals surface area contributed by atoms with Gasteiger partial charge in [0, 0.05) is 11.1 Å². The number of hydrogen-bond acceptors (Lipinski definition) is 9. The predicted octanol–water partition coefficient (Wildman–Crippen LogP) is 0.583. The molecule has 0 unspecified atom stereocenters. The van der Waals surface area contributed by atoms with Gasteiger partial charge >= 0.3 is 0 Å². The number of carbonyl (C=O) groups is 1. The van der Waals surface area contributed by atoms with E-state index >= 15 is 0 Å². The van der Waals surface area contributed by atoms with Crippen LogP contribution in [0.5, 0.6) is 23.0 Å². The molecule has 2 rings (SSSR count). The molecule has 0 aliphatic rings. The molecule has 9 heteroatoms. The molecule has 9 nitrogen and oxygen atoms in total. The van der Waals surface area contributed by atoms with Crippen molar-refractivity contribution in [2.24, 2.45) is 0 Å². The molecule has 0 saturated heterocycles. The zero-order valence-electron chi connectivity index (χ0n) is 15.5. The number of ether oxygens (including phenoxy) is 2. The Morgan fingerprint density at radius 3 is 1.79 bits per heavy atom. The van der Waals surface area contributed by atoms with Crippen molar-refractivity contribution in [3.63, 3.8) is 0 Å². The summed E-state index contributed by atoms with van der Waals surface area (Å²) in [4.78, 5) is 10.6. The van der Waals surface area contributed by atoms with E-state index in [2.05, 4.69) is 0 Å². The Labute approximate surface area is 161 Å². The Hall–Kier alpha value is -2.85. The van der Waals surface area contributed by atoms with Gasteiger partial charge in [0.15, 0.2) is 29.3 Å². The maximum absolute atomic E-state index is 10.6. The van der Waals surface area contributed by atoms with Gasteiger partial charge in [-0.2, -0.15) is 0 Å². The number of aliphatic hydroxyl groups excluding tert-OH is 4. The first kappa shape index (κ1) is 23.2. The Bertz CT molecular complexity index is 803. The smallest absolute Gasteiger partial charge is 0.168 e. The highest BCUT2D eigenvalue weighted by atomic mass is 16.5. The van der Waals surface area contributed by atoms with E-state index in [1.807, 2.05) is 0 Å². The van der Waals surface area contributed by atoms with E-state index in [0.29, 0.717) is 23.0 Å². The maximum Gasteiger partial charge on any atom is 0.168 e. The van der Waals surface area contributed by atoms with Crippen LogP contribution in [-0.4, -0.2) is 51.1 Å². The van der Waals surface area contributed by atoms with Crippen LogP contribution >= 0.6 is 0 Å². The minimum absolute atomic E-state index is 0.0196. The number of rotatable bonds is 7. The van der Waals surface area contributed by atoms with Crippen LogP contribution in [0.25, 0.3) is 0 Å². The van der Waals surface area contributed by atoms with E-state index in [1.165, 1.54) is 26.4 Å². The second-order valence-corrected chi connectivity index (χ2v) is 5.49. The van der Waals surface area contributed by atoms with Crippen molar-refractivity contribution in [1.82, 2.24) is 0 Å². The Balaban J connectivity index is 0.000000283. The molecule has 0 aromatic heterocycles. The first-order chi connectivity index (χ1) is 13.4. The molecule has 0 atom stereocenters. The highest BCUT2D eigenvalue weighted by molar-refractivity contribution is 5.82. The third kappa shape index (κ3) is 4.90. The average molecular weight is 396 g/mol. The van der Waals surface area contributed by atoms with Gasteiger partial charge < -0.3 is 40.1 Å². The highest BCUT2D eigenvalue weighted by Crippen LogP contribution is 2.35. The molecule has 2 aromatic rings. The van der Waals surface area contributed by atoms with Gasteiger partial charge in [-0.25, -0.2) is 0 Å². The van der Waals surface area contributed by atoms with Gasteiger partial charge in [-0.15, -0.1) is 0 Å². The van der Waals surface area contributed by atoms with Crippen molar-refractivity contribution in [2.75, 3.05) is 14.2 Å². The number of carbonyl (C=O) groups excluding carboxylic acids is 1. The van der Waals surface area contributed by atoms with Crippen LogP contribution in [0.15, 0.2) is 18.2 Å². The van der Waals surface area contributed by atoms with Crippen molar-refractivity contribution < 1.29 is 44.9 Å². The van der Waals surface area contributed by atoms with E-state index < -0.39 is 0 Å². The number of hydrogen-bond donors (Lipinski definition) is 6. The van der Waals surface area contributed by atoms with E-state index in [9.17, 15) is 15.0 Å². The fraction of sp³-hybridized carbons (Fsp3) is 0.316. The zero-order chi connectivity index (χ0) is 21.3. The molecular weight excluding hydrogens is 372 g/mol. The van der Waals surface area contributed by atoms with Crippen molar-refractivity contribution in [2.45, 2.75) is 26.4 Å². The number of aromatic hydroxyl groups is 2. The van der Waals surface area contributed by atoms with Crippen LogP contribution in [0.1, 0.15) is 32.6 Å². The van der Waals surface area contributed by atoms with Crippen LogP contribution in [0, 0.1) is 0 Å². The van der Waals surface area contributed by atoms with Crippen LogP contribution in [0.2, 0.25) is 0 Å². The van der Waals surface area contributed by atoms with E-state index in [0.717, 1.165) is 0 Å². The topological polar surface area (TPSA) is 157 Å². The number of aldehydes is 1. The summed E-state index contributed by atoms with van der Waals surface area (Å²) in [5.74, 6) is -0.127. The molecule has 0 fully saturated rings. The molecule has 6 N–H and O–H groups in total. The summed E-state index contributed by atoms with van der Waals surface area (Å²) < 4.78 is 9.76. The highest BCUT2D eigenvalue weighted by Gasteiger charge is 2.17. The summed E-state index contributed by atoms with van der Waals surface area (Å²) >= 11 is 0. The van der Waals surface area contributed by atoms with Gasteiger partial charge in [-0.1, -0.05) is 6.07 Å². The summed E-state index contributed by atoms with van der Waals surface area (Å²) in [6, 6.07) is 4.28. The molecule has 0 aliphatic heterocycles. The monoisotopic (exact) mass is 396 g/mol. The average Bonchev–Trinajstić information content (AvgIpc) is 2.73. The van der Waals surface area contributed by atoms with Crippen molar-refractivity contribution in [1.29, 1.82) is 0 Å². The number of phenolic OH excluding ortho intramolecular Hbond substituents is 2. The molecule has 0 spiro atoms. The molecule has 0 aliphatic carbocycles. The molecular formula is C19H24O9. The molecule has 0 heterocycles. The van der Waals surface area contributed by atoms with Gasteiger partial charge in [-0.3, -0.25) is 4.79 Å². The van der Waals surface area contributed by atoms with Gasteiger partial charge in [0.05, 0.1) is 46.2 Å². The first-order valence-corrected chi connectivity index (χ1v) is 8.11. The molecule has 0 radical (unpaired) electrons. The number of benzene rings is 2. The zero-order valence-corrected chi connectivity index (χ0v) is 15.5. The van der Waals surface area contributed by atoms with E-state index in [-0.39, 0.29) is 60.6 Å². The van der Waals surface area contributed by atoms with E-state index in [4.69, 9.17) is 29.9 Å². The van der Waals surface area contributed by atoms with Crippen LogP contribution in [0.3, 0.4) is 0 Å². The summed E-state index contributed by atoms with van der Waals surface area (Å²) in [7, 11) is 2.71. The van der Waals surface area contributed by atoms with Crippen LogP contribution in [0.4, 0.5) is 0 Å².